The molecule has 0 amide bonds. The van der Waals surface area contributed by atoms with Crippen LogP contribution in [0, 0.1) is 0 Å². The molecule has 7 heteroatoms. The van der Waals surface area contributed by atoms with Gasteiger partial charge in [0.25, 0.3) is 0 Å². The Morgan fingerprint density at radius 2 is 2.14 bits per heavy atom. The summed E-state index contributed by atoms with van der Waals surface area (Å²) in [4.78, 5) is 3.60. The van der Waals surface area contributed by atoms with Crippen LogP contribution in [-0.2, 0) is 0 Å². The average molecular weight is 223 g/mol. The fourth-order valence-corrected chi connectivity index (χ4v) is 1.36. The summed E-state index contributed by atoms with van der Waals surface area (Å²) in [6.45, 7) is 0. The van der Waals surface area contributed by atoms with Crippen molar-refractivity contribution in [2.24, 2.45) is 0 Å². The summed E-state index contributed by atoms with van der Waals surface area (Å²) in [5.74, 6) is 0. The first-order valence-corrected chi connectivity index (χ1v) is 4.43. The monoisotopic (exact) mass is 223 g/mol. The Morgan fingerprint density at radius 3 is 2.57 bits per heavy atom. The third-order valence-electron chi connectivity index (χ3n) is 1.40. The summed E-state index contributed by atoms with van der Waals surface area (Å²) >= 11 is -0.285. The fraction of sp³-hybridized carbons (Fsp3) is 0.286. The van der Waals surface area contributed by atoms with E-state index in [2.05, 4.69) is 10.3 Å². The number of nitrogens with zero attached hydrogens (tertiary/aromatic N) is 1. The number of rotatable bonds is 2. The highest BCUT2D eigenvalue weighted by molar-refractivity contribution is 8.00. The SMILES string of the molecule is CNc1cnc(SC(F)(F)F)cc1N. The lowest BCUT2D eigenvalue weighted by Gasteiger charge is -2.07. The van der Waals surface area contributed by atoms with Gasteiger partial charge in [0.05, 0.1) is 17.6 Å². The molecule has 0 fully saturated rings. The van der Waals surface area contributed by atoms with Crippen LogP contribution in [0.3, 0.4) is 0 Å². The van der Waals surface area contributed by atoms with Gasteiger partial charge in [0.2, 0.25) is 0 Å². The Hall–Kier alpha value is -1.11. The minimum atomic E-state index is -4.33. The second-order valence-corrected chi connectivity index (χ2v) is 3.49. The Bertz CT molecular complexity index is 326. The molecule has 0 unspecified atom stereocenters. The van der Waals surface area contributed by atoms with E-state index in [1.165, 1.54) is 12.3 Å². The van der Waals surface area contributed by atoms with E-state index < -0.39 is 5.51 Å². The van der Waals surface area contributed by atoms with Crippen LogP contribution in [0.4, 0.5) is 24.5 Å². The molecule has 0 radical (unpaired) electrons. The number of halogens is 3. The summed E-state index contributed by atoms with van der Waals surface area (Å²) in [7, 11) is 1.62. The number of aromatic nitrogens is 1. The maximum Gasteiger partial charge on any atom is 0.447 e. The van der Waals surface area contributed by atoms with Gasteiger partial charge < -0.3 is 11.1 Å². The van der Waals surface area contributed by atoms with Gasteiger partial charge in [0.15, 0.2) is 0 Å². The van der Waals surface area contributed by atoms with Gasteiger partial charge in [-0.25, -0.2) is 4.98 Å². The fourth-order valence-electron chi connectivity index (χ4n) is 0.834. The molecule has 1 heterocycles. The predicted octanol–water partition coefficient (Wildman–Crippen LogP) is 2.32. The van der Waals surface area contributed by atoms with E-state index in [1.54, 1.807) is 7.05 Å². The smallest absolute Gasteiger partial charge is 0.397 e. The van der Waals surface area contributed by atoms with Gasteiger partial charge in [0.1, 0.15) is 5.03 Å². The van der Waals surface area contributed by atoms with Gasteiger partial charge in [-0.15, -0.1) is 0 Å². The van der Waals surface area contributed by atoms with Crippen LogP contribution in [0.25, 0.3) is 0 Å². The van der Waals surface area contributed by atoms with Crippen molar-refractivity contribution in [3.63, 3.8) is 0 Å². The first kappa shape index (κ1) is 11.0. The van der Waals surface area contributed by atoms with Crippen molar-refractivity contribution in [2.75, 3.05) is 18.1 Å². The van der Waals surface area contributed by atoms with Crippen molar-refractivity contribution in [1.82, 2.24) is 4.98 Å². The maximum absolute atomic E-state index is 11.9. The number of nitrogen functional groups attached to an aromatic ring is 1. The van der Waals surface area contributed by atoms with Crippen molar-refractivity contribution in [3.8, 4) is 0 Å². The number of hydrogen-bond donors (Lipinski definition) is 2. The molecule has 0 aromatic carbocycles. The van der Waals surface area contributed by atoms with Crippen LogP contribution in [0.1, 0.15) is 0 Å². The van der Waals surface area contributed by atoms with Crippen molar-refractivity contribution < 1.29 is 13.2 Å². The molecule has 0 bridgehead atoms. The Morgan fingerprint density at radius 1 is 1.50 bits per heavy atom. The van der Waals surface area contributed by atoms with Gasteiger partial charge in [0, 0.05) is 18.8 Å². The number of nitrogens with two attached hydrogens (primary N) is 1. The molecule has 3 N–H and O–H groups in total. The number of pyridine rings is 1. The van der Waals surface area contributed by atoms with Gasteiger partial charge in [-0.3, -0.25) is 0 Å². The number of nitrogens with one attached hydrogen (secondary N) is 1. The number of hydrogen-bond acceptors (Lipinski definition) is 4. The summed E-state index contributed by atoms with van der Waals surface area (Å²) in [6.07, 6.45) is 1.27. The lowest BCUT2D eigenvalue weighted by atomic mass is 10.3. The van der Waals surface area contributed by atoms with Crippen LogP contribution in [0.2, 0.25) is 0 Å². The molecule has 3 nitrogen and oxygen atoms in total. The molecule has 1 aromatic rings. The normalized spacial score (nSPS) is 11.4. The van der Waals surface area contributed by atoms with E-state index in [1.807, 2.05) is 0 Å². The van der Waals surface area contributed by atoms with Crippen molar-refractivity contribution in [3.05, 3.63) is 12.3 Å². The third-order valence-corrected chi connectivity index (χ3v) is 2.06. The average Bonchev–Trinajstić information content (AvgIpc) is 2.01. The van der Waals surface area contributed by atoms with Gasteiger partial charge >= 0.3 is 5.51 Å². The van der Waals surface area contributed by atoms with E-state index in [-0.39, 0.29) is 22.5 Å². The summed E-state index contributed by atoms with van der Waals surface area (Å²) in [6, 6.07) is 1.18. The van der Waals surface area contributed by atoms with E-state index in [0.717, 1.165) is 0 Å². The zero-order valence-corrected chi connectivity index (χ0v) is 8.04. The molecule has 1 aromatic heterocycles. The molecule has 0 aliphatic carbocycles. The van der Waals surface area contributed by atoms with Gasteiger partial charge in [-0.05, 0) is 6.07 Å². The minimum absolute atomic E-state index is 0.158. The zero-order valence-electron chi connectivity index (χ0n) is 7.22. The standard InChI is InChI=1S/C7H8F3N3S/c1-12-5-3-13-6(2-4(5)11)14-7(8,9)10/h2-3,12H,1H3,(H2,11,13). The van der Waals surface area contributed by atoms with E-state index in [0.29, 0.717) is 5.69 Å². The van der Waals surface area contributed by atoms with E-state index in [4.69, 9.17) is 5.73 Å². The van der Waals surface area contributed by atoms with Crippen LogP contribution in [-0.4, -0.2) is 17.5 Å². The second-order valence-electron chi connectivity index (χ2n) is 2.41. The molecule has 0 aliphatic rings. The molecule has 0 saturated carbocycles. The van der Waals surface area contributed by atoms with Crippen molar-refractivity contribution in [2.45, 2.75) is 10.5 Å². The molecule has 0 aliphatic heterocycles. The van der Waals surface area contributed by atoms with Gasteiger partial charge in [-0.1, -0.05) is 0 Å². The topological polar surface area (TPSA) is 50.9 Å². The Balaban J connectivity index is 2.87. The summed E-state index contributed by atoms with van der Waals surface area (Å²) in [5.41, 5.74) is 1.89. The molecular weight excluding hydrogens is 215 g/mol. The highest BCUT2D eigenvalue weighted by Crippen LogP contribution is 2.36. The van der Waals surface area contributed by atoms with E-state index >= 15 is 0 Å². The van der Waals surface area contributed by atoms with E-state index in [9.17, 15) is 13.2 Å². The molecule has 14 heavy (non-hydrogen) atoms. The first-order valence-electron chi connectivity index (χ1n) is 3.61. The zero-order chi connectivity index (χ0) is 10.8. The third kappa shape index (κ3) is 2.99. The largest absolute Gasteiger partial charge is 0.447 e. The Labute approximate surface area is 82.9 Å². The highest BCUT2D eigenvalue weighted by atomic mass is 32.2. The van der Waals surface area contributed by atoms with Crippen molar-refractivity contribution >= 4 is 23.1 Å². The molecule has 0 spiro atoms. The van der Waals surface area contributed by atoms with Crippen LogP contribution < -0.4 is 11.1 Å². The van der Waals surface area contributed by atoms with Crippen molar-refractivity contribution in [1.29, 1.82) is 0 Å². The number of alkyl halides is 3. The molecule has 0 saturated heterocycles. The lowest BCUT2D eigenvalue weighted by molar-refractivity contribution is -0.0329. The van der Waals surface area contributed by atoms with Crippen LogP contribution >= 0.6 is 11.8 Å². The summed E-state index contributed by atoms with van der Waals surface area (Å²) < 4.78 is 35.8. The Kier molecular flexibility index (Phi) is 3.10. The lowest BCUT2D eigenvalue weighted by Crippen LogP contribution is -2.02. The number of thioether (sulfide) groups is 1. The summed E-state index contributed by atoms with van der Waals surface area (Å²) in [5, 5.41) is 2.55. The molecule has 78 valence electrons. The predicted molar refractivity (Wildman–Crippen MR) is 50.1 cm³/mol. The molecular formula is C7H8F3N3S. The van der Waals surface area contributed by atoms with Crippen LogP contribution in [0.5, 0.6) is 0 Å². The number of anilines is 2. The molecule has 1 rings (SSSR count). The highest BCUT2D eigenvalue weighted by Gasteiger charge is 2.30. The quantitative estimate of drug-likeness (QED) is 0.755. The maximum atomic E-state index is 11.9. The molecule has 0 atom stereocenters. The minimum Gasteiger partial charge on any atom is -0.397 e. The van der Waals surface area contributed by atoms with Crippen LogP contribution in [0.15, 0.2) is 17.3 Å². The second kappa shape index (κ2) is 3.95. The first-order chi connectivity index (χ1) is 6.42. The van der Waals surface area contributed by atoms with Gasteiger partial charge in [-0.2, -0.15) is 13.2 Å².